The fourth-order valence-electron chi connectivity index (χ4n) is 3.41. The molecule has 0 aliphatic carbocycles. The first-order valence-corrected chi connectivity index (χ1v) is 11.2. The van der Waals surface area contributed by atoms with Crippen LogP contribution in [0.2, 0.25) is 5.02 Å². The highest BCUT2D eigenvalue weighted by molar-refractivity contribution is 8.00. The van der Waals surface area contributed by atoms with Crippen LogP contribution in [0.15, 0.2) is 52.4 Å². The number of thioether (sulfide) groups is 1. The number of aromatic nitrogens is 2. The fraction of sp³-hybridized carbons (Fsp3) is 0.318. The number of benzene rings is 2. The molecule has 0 spiro atoms. The van der Waals surface area contributed by atoms with Crippen LogP contribution in [-0.2, 0) is 16.1 Å². The number of hydrogen-bond acceptors (Lipinski definition) is 5. The molecule has 6 nitrogen and oxygen atoms in total. The van der Waals surface area contributed by atoms with E-state index in [2.05, 4.69) is 10.3 Å². The van der Waals surface area contributed by atoms with Crippen molar-refractivity contribution in [1.29, 1.82) is 0 Å². The molecule has 1 aliphatic rings. The van der Waals surface area contributed by atoms with Gasteiger partial charge >= 0.3 is 0 Å². The van der Waals surface area contributed by atoms with E-state index in [0.717, 1.165) is 12.8 Å². The molecule has 1 amide bonds. The summed E-state index contributed by atoms with van der Waals surface area (Å²) in [5.41, 5.74) is 0.786. The van der Waals surface area contributed by atoms with Crippen LogP contribution in [0.5, 0.6) is 0 Å². The van der Waals surface area contributed by atoms with Crippen molar-refractivity contribution in [1.82, 2.24) is 9.55 Å². The normalized spacial score (nSPS) is 17.1. The van der Waals surface area contributed by atoms with E-state index in [0.29, 0.717) is 39.9 Å². The van der Waals surface area contributed by atoms with Crippen LogP contribution in [0.4, 0.5) is 10.1 Å². The standard InChI is InChI=1S/C22H21ClFN3O3S/c1-13(20(28)25-16-7-5-15(24)6-8-16)31-22-26-19-11-14(23)4-9-18(19)21(29)27(22)12-17-3-2-10-30-17/h4-9,11,13,17H,2-3,10,12H2,1H3,(H,25,28). The van der Waals surface area contributed by atoms with E-state index in [9.17, 15) is 14.0 Å². The molecule has 9 heteroatoms. The molecule has 0 saturated carbocycles. The zero-order chi connectivity index (χ0) is 22.0. The Morgan fingerprint density at radius 2 is 2.13 bits per heavy atom. The van der Waals surface area contributed by atoms with Crippen LogP contribution in [0.25, 0.3) is 10.9 Å². The number of carbonyl (C=O) groups excluding carboxylic acids is 1. The van der Waals surface area contributed by atoms with Crippen LogP contribution in [0, 0.1) is 5.82 Å². The van der Waals surface area contributed by atoms with Gasteiger partial charge in [-0.05, 0) is 62.2 Å². The number of carbonyl (C=O) groups is 1. The van der Waals surface area contributed by atoms with E-state index in [1.54, 1.807) is 29.7 Å². The maximum atomic E-state index is 13.2. The first-order chi connectivity index (χ1) is 14.9. The lowest BCUT2D eigenvalue weighted by Crippen LogP contribution is -2.30. The van der Waals surface area contributed by atoms with Gasteiger partial charge in [0.25, 0.3) is 5.56 Å². The Kier molecular flexibility index (Phi) is 6.60. The molecule has 2 aromatic carbocycles. The lowest BCUT2D eigenvalue weighted by atomic mass is 10.2. The fourth-order valence-corrected chi connectivity index (χ4v) is 4.49. The largest absolute Gasteiger partial charge is 0.376 e. The third-order valence-corrected chi connectivity index (χ3v) is 6.38. The van der Waals surface area contributed by atoms with Gasteiger partial charge in [-0.25, -0.2) is 9.37 Å². The van der Waals surface area contributed by atoms with Crippen LogP contribution < -0.4 is 10.9 Å². The summed E-state index contributed by atoms with van der Waals surface area (Å²) in [4.78, 5) is 30.5. The second-order valence-corrected chi connectivity index (χ2v) is 9.11. The number of rotatable bonds is 6. The second-order valence-electron chi connectivity index (χ2n) is 7.36. The topological polar surface area (TPSA) is 73.2 Å². The Morgan fingerprint density at radius 1 is 1.35 bits per heavy atom. The van der Waals surface area contributed by atoms with Crippen LogP contribution >= 0.6 is 23.4 Å². The Bertz CT molecular complexity index is 1160. The molecule has 1 fully saturated rings. The predicted octanol–water partition coefficient (Wildman–Crippen LogP) is 4.49. The summed E-state index contributed by atoms with van der Waals surface area (Å²) in [6.45, 7) is 2.78. The molecule has 0 bridgehead atoms. The van der Waals surface area contributed by atoms with E-state index in [1.165, 1.54) is 36.0 Å². The smallest absolute Gasteiger partial charge is 0.262 e. The van der Waals surface area contributed by atoms with Gasteiger partial charge in [-0.1, -0.05) is 23.4 Å². The highest BCUT2D eigenvalue weighted by Gasteiger charge is 2.23. The van der Waals surface area contributed by atoms with Crippen molar-refractivity contribution in [2.75, 3.05) is 11.9 Å². The van der Waals surface area contributed by atoms with Gasteiger partial charge in [0, 0.05) is 17.3 Å². The van der Waals surface area contributed by atoms with Crippen LogP contribution in [0.3, 0.4) is 0 Å². The average molecular weight is 462 g/mol. The highest BCUT2D eigenvalue weighted by atomic mass is 35.5. The molecule has 2 heterocycles. The molecule has 0 radical (unpaired) electrons. The Labute approximate surface area is 187 Å². The van der Waals surface area contributed by atoms with E-state index in [1.807, 2.05) is 0 Å². The molecule has 1 aromatic heterocycles. The second kappa shape index (κ2) is 9.38. The van der Waals surface area contributed by atoms with Crippen LogP contribution in [-0.4, -0.2) is 33.4 Å². The number of amides is 1. The molecule has 1 N–H and O–H groups in total. The Morgan fingerprint density at radius 3 is 2.84 bits per heavy atom. The van der Waals surface area contributed by atoms with Gasteiger partial charge in [0.15, 0.2) is 5.16 Å². The SMILES string of the molecule is CC(Sc1nc2cc(Cl)ccc2c(=O)n1CC1CCCO1)C(=O)Nc1ccc(F)cc1. The molecule has 4 rings (SSSR count). The molecular formula is C22H21ClFN3O3S. The van der Waals surface area contributed by atoms with Crippen molar-refractivity contribution in [2.24, 2.45) is 0 Å². The molecule has 3 aromatic rings. The number of nitrogens with one attached hydrogen (secondary N) is 1. The Hall–Kier alpha value is -2.42. The zero-order valence-electron chi connectivity index (χ0n) is 16.8. The minimum absolute atomic E-state index is 0.0630. The van der Waals surface area contributed by atoms with Crippen molar-refractivity contribution in [3.8, 4) is 0 Å². The summed E-state index contributed by atoms with van der Waals surface area (Å²) in [6, 6.07) is 10.5. The Balaban J connectivity index is 1.63. The van der Waals surface area contributed by atoms with E-state index in [-0.39, 0.29) is 23.4 Å². The molecule has 1 saturated heterocycles. The number of halogens is 2. The average Bonchev–Trinajstić information content (AvgIpc) is 3.25. The number of anilines is 1. The molecule has 2 unspecified atom stereocenters. The summed E-state index contributed by atoms with van der Waals surface area (Å²) < 4.78 is 20.4. The van der Waals surface area contributed by atoms with Gasteiger partial charge in [-0.3, -0.25) is 14.2 Å². The van der Waals surface area contributed by atoms with Crippen LogP contribution in [0.1, 0.15) is 19.8 Å². The minimum Gasteiger partial charge on any atom is -0.376 e. The third kappa shape index (κ3) is 5.08. The number of ether oxygens (including phenoxy) is 1. The maximum absolute atomic E-state index is 13.2. The van der Waals surface area contributed by atoms with Crippen molar-refractivity contribution < 1.29 is 13.9 Å². The lowest BCUT2D eigenvalue weighted by molar-refractivity contribution is -0.115. The molecule has 2 atom stereocenters. The first-order valence-electron chi connectivity index (χ1n) is 9.95. The number of nitrogens with zero attached hydrogens (tertiary/aromatic N) is 2. The molecular weight excluding hydrogens is 441 g/mol. The summed E-state index contributed by atoms with van der Waals surface area (Å²) in [6.07, 6.45) is 1.76. The van der Waals surface area contributed by atoms with Gasteiger partial charge in [0.05, 0.1) is 28.8 Å². The van der Waals surface area contributed by atoms with Gasteiger partial charge < -0.3 is 10.1 Å². The molecule has 162 valence electrons. The van der Waals surface area contributed by atoms with E-state index < -0.39 is 5.25 Å². The molecule has 1 aliphatic heterocycles. The van der Waals surface area contributed by atoms with Gasteiger partial charge in [-0.15, -0.1) is 0 Å². The van der Waals surface area contributed by atoms with Gasteiger partial charge in [0.2, 0.25) is 5.91 Å². The van der Waals surface area contributed by atoms with Crippen molar-refractivity contribution in [2.45, 2.75) is 42.8 Å². The summed E-state index contributed by atoms with van der Waals surface area (Å²) in [5, 5.41) is 3.58. The monoisotopic (exact) mass is 461 g/mol. The third-order valence-electron chi connectivity index (χ3n) is 5.06. The number of hydrogen-bond donors (Lipinski definition) is 1. The van der Waals surface area contributed by atoms with E-state index in [4.69, 9.17) is 16.3 Å². The zero-order valence-corrected chi connectivity index (χ0v) is 18.4. The summed E-state index contributed by atoms with van der Waals surface area (Å²) >= 11 is 7.28. The summed E-state index contributed by atoms with van der Waals surface area (Å²) in [5.74, 6) is -0.654. The van der Waals surface area contributed by atoms with Gasteiger partial charge in [0.1, 0.15) is 5.82 Å². The maximum Gasteiger partial charge on any atom is 0.262 e. The minimum atomic E-state index is -0.552. The highest BCUT2D eigenvalue weighted by Crippen LogP contribution is 2.26. The van der Waals surface area contributed by atoms with Crippen molar-refractivity contribution >= 4 is 45.9 Å². The quantitative estimate of drug-likeness (QED) is 0.432. The molecule has 31 heavy (non-hydrogen) atoms. The number of fused-ring (bicyclic) bond motifs is 1. The predicted molar refractivity (Wildman–Crippen MR) is 120 cm³/mol. The van der Waals surface area contributed by atoms with Gasteiger partial charge in [-0.2, -0.15) is 0 Å². The van der Waals surface area contributed by atoms with E-state index >= 15 is 0 Å². The first kappa shape index (κ1) is 21.8. The summed E-state index contributed by atoms with van der Waals surface area (Å²) in [7, 11) is 0. The van der Waals surface area contributed by atoms with Crippen molar-refractivity contribution in [3.05, 3.63) is 63.7 Å². The van der Waals surface area contributed by atoms with Crippen molar-refractivity contribution in [3.63, 3.8) is 0 Å². The lowest BCUT2D eigenvalue weighted by Gasteiger charge is -2.18.